The van der Waals surface area contributed by atoms with Gasteiger partial charge in [-0.1, -0.05) is 34.1 Å². The Bertz CT molecular complexity index is 953. The van der Waals surface area contributed by atoms with E-state index in [1.54, 1.807) is 24.3 Å². The van der Waals surface area contributed by atoms with Crippen LogP contribution in [-0.2, 0) is 13.2 Å². The van der Waals surface area contributed by atoms with Gasteiger partial charge in [-0.3, -0.25) is 14.9 Å². The lowest BCUT2D eigenvalue weighted by Gasteiger charge is -2.05. The summed E-state index contributed by atoms with van der Waals surface area (Å²) in [5.74, 6) is 0.830. The maximum atomic E-state index is 12.2. The number of hydrogen-bond donors (Lipinski definition) is 1. The number of furan rings is 1. The van der Waals surface area contributed by atoms with E-state index in [-0.39, 0.29) is 24.6 Å². The lowest BCUT2D eigenvalue weighted by Crippen LogP contribution is -2.22. The van der Waals surface area contributed by atoms with E-state index in [1.165, 1.54) is 12.1 Å². The van der Waals surface area contributed by atoms with E-state index >= 15 is 0 Å². The number of nitro benzene ring substituents is 1. The molecule has 3 aromatic rings. The van der Waals surface area contributed by atoms with Gasteiger partial charge in [0.2, 0.25) is 0 Å². The molecule has 27 heavy (non-hydrogen) atoms. The fourth-order valence-corrected chi connectivity index (χ4v) is 2.63. The van der Waals surface area contributed by atoms with Gasteiger partial charge >= 0.3 is 0 Å². The third kappa shape index (κ3) is 4.95. The maximum absolute atomic E-state index is 12.2. The van der Waals surface area contributed by atoms with Gasteiger partial charge in [0.1, 0.15) is 18.1 Å². The van der Waals surface area contributed by atoms with Crippen LogP contribution in [0.3, 0.4) is 0 Å². The van der Waals surface area contributed by atoms with Crippen molar-refractivity contribution in [1.82, 2.24) is 5.32 Å². The molecule has 3 rings (SSSR count). The van der Waals surface area contributed by atoms with Crippen LogP contribution in [0, 0.1) is 10.1 Å². The van der Waals surface area contributed by atoms with Crippen LogP contribution >= 0.6 is 15.9 Å². The second kappa shape index (κ2) is 8.50. The van der Waals surface area contributed by atoms with Crippen molar-refractivity contribution in [2.75, 3.05) is 0 Å². The Balaban J connectivity index is 1.57. The summed E-state index contributed by atoms with van der Waals surface area (Å²) >= 11 is 3.35. The number of nitro groups is 1. The first-order chi connectivity index (χ1) is 13.0. The number of para-hydroxylation sites is 1. The molecule has 0 aliphatic rings. The summed E-state index contributed by atoms with van der Waals surface area (Å²) in [5, 5.41) is 13.6. The summed E-state index contributed by atoms with van der Waals surface area (Å²) in [7, 11) is 0. The van der Waals surface area contributed by atoms with Crippen LogP contribution in [0.5, 0.6) is 5.75 Å². The molecule has 2 aromatic carbocycles. The van der Waals surface area contributed by atoms with Crippen LogP contribution in [0.15, 0.2) is 69.6 Å². The highest BCUT2D eigenvalue weighted by Gasteiger charge is 2.15. The van der Waals surface area contributed by atoms with E-state index < -0.39 is 10.8 Å². The Morgan fingerprint density at radius 2 is 1.85 bits per heavy atom. The van der Waals surface area contributed by atoms with Gasteiger partial charge in [0, 0.05) is 22.6 Å². The second-order valence-electron chi connectivity index (χ2n) is 5.58. The lowest BCUT2D eigenvalue weighted by molar-refractivity contribution is -0.385. The minimum Gasteiger partial charge on any atom is -0.486 e. The molecule has 0 bridgehead atoms. The normalized spacial score (nSPS) is 10.4. The van der Waals surface area contributed by atoms with Gasteiger partial charge in [0.15, 0.2) is 5.76 Å². The molecule has 0 fully saturated rings. The molecule has 0 spiro atoms. The number of nitrogens with one attached hydrogen (secondary N) is 1. The van der Waals surface area contributed by atoms with Crippen LogP contribution in [0.4, 0.5) is 5.69 Å². The molecule has 0 saturated heterocycles. The molecule has 0 saturated carbocycles. The molecule has 1 amide bonds. The minimum atomic E-state index is -0.480. The summed E-state index contributed by atoms with van der Waals surface area (Å²) in [6.07, 6.45) is 0. The van der Waals surface area contributed by atoms with Crippen molar-refractivity contribution in [3.05, 3.63) is 92.3 Å². The predicted molar refractivity (Wildman–Crippen MR) is 101 cm³/mol. The SMILES string of the molecule is O=C(NCc1ccccc1[N+](=O)[O-])c1ccc(COc2ccc(Br)cc2)o1. The standard InChI is InChI=1S/C19H15BrN2O5/c20-14-5-7-15(8-6-14)26-12-16-9-10-18(27-16)19(23)21-11-13-3-1-2-4-17(13)22(24)25/h1-10H,11-12H2,(H,21,23). The van der Waals surface area contributed by atoms with Crippen molar-refractivity contribution in [3.63, 3.8) is 0 Å². The molecule has 7 nitrogen and oxygen atoms in total. The van der Waals surface area contributed by atoms with Crippen molar-refractivity contribution < 1.29 is 18.9 Å². The van der Waals surface area contributed by atoms with Gasteiger partial charge in [-0.15, -0.1) is 0 Å². The Labute approximate surface area is 163 Å². The highest BCUT2D eigenvalue weighted by Crippen LogP contribution is 2.19. The first-order valence-corrected chi connectivity index (χ1v) is 8.80. The highest BCUT2D eigenvalue weighted by atomic mass is 79.9. The summed E-state index contributed by atoms with van der Waals surface area (Å²) < 4.78 is 12.0. The monoisotopic (exact) mass is 430 g/mol. The third-order valence-electron chi connectivity index (χ3n) is 3.71. The van der Waals surface area contributed by atoms with Gasteiger partial charge in [-0.2, -0.15) is 0 Å². The molecule has 0 radical (unpaired) electrons. The van der Waals surface area contributed by atoms with Gasteiger partial charge in [0.25, 0.3) is 11.6 Å². The number of carbonyl (C=O) groups excluding carboxylic acids is 1. The van der Waals surface area contributed by atoms with Gasteiger partial charge in [-0.05, 0) is 36.4 Å². The highest BCUT2D eigenvalue weighted by molar-refractivity contribution is 9.10. The Morgan fingerprint density at radius 3 is 2.59 bits per heavy atom. The van der Waals surface area contributed by atoms with E-state index in [4.69, 9.17) is 9.15 Å². The molecule has 1 heterocycles. The number of ether oxygens (including phenoxy) is 1. The lowest BCUT2D eigenvalue weighted by atomic mass is 10.2. The topological polar surface area (TPSA) is 94.6 Å². The average Bonchev–Trinajstić information content (AvgIpc) is 3.15. The second-order valence-corrected chi connectivity index (χ2v) is 6.49. The molecule has 0 aliphatic carbocycles. The summed E-state index contributed by atoms with van der Waals surface area (Å²) in [4.78, 5) is 22.7. The third-order valence-corrected chi connectivity index (χ3v) is 4.24. The molecule has 0 atom stereocenters. The molecule has 8 heteroatoms. The Hall–Kier alpha value is -3.13. The van der Waals surface area contributed by atoms with Crippen molar-refractivity contribution in [1.29, 1.82) is 0 Å². The molecule has 1 N–H and O–H groups in total. The van der Waals surface area contributed by atoms with Crippen molar-refractivity contribution in [2.45, 2.75) is 13.2 Å². The largest absolute Gasteiger partial charge is 0.486 e. The van der Waals surface area contributed by atoms with E-state index in [0.29, 0.717) is 17.1 Å². The van der Waals surface area contributed by atoms with E-state index in [9.17, 15) is 14.9 Å². The quantitative estimate of drug-likeness (QED) is 0.440. The Kier molecular flexibility index (Phi) is 5.87. The van der Waals surface area contributed by atoms with Crippen LogP contribution in [0.25, 0.3) is 0 Å². The van der Waals surface area contributed by atoms with Crippen molar-refractivity contribution in [3.8, 4) is 5.75 Å². The number of carbonyl (C=O) groups is 1. The minimum absolute atomic E-state index is 0.0292. The fourth-order valence-electron chi connectivity index (χ4n) is 2.36. The number of rotatable bonds is 7. The van der Waals surface area contributed by atoms with E-state index in [2.05, 4.69) is 21.2 Å². The smallest absolute Gasteiger partial charge is 0.287 e. The fraction of sp³-hybridized carbons (Fsp3) is 0.105. The number of amides is 1. The zero-order chi connectivity index (χ0) is 19.2. The van der Waals surface area contributed by atoms with Gasteiger partial charge < -0.3 is 14.5 Å². The molecular weight excluding hydrogens is 416 g/mol. The van der Waals surface area contributed by atoms with Crippen molar-refractivity contribution >= 4 is 27.5 Å². The van der Waals surface area contributed by atoms with Gasteiger partial charge in [-0.25, -0.2) is 0 Å². The average molecular weight is 431 g/mol. The van der Waals surface area contributed by atoms with Crippen molar-refractivity contribution in [2.24, 2.45) is 0 Å². The zero-order valence-electron chi connectivity index (χ0n) is 14.1. The maximum Gasteiger partial charge on any atom is 0.287 e. The summed E-state index contributed by atoms with van der Waals surface area (Å²) in [6.45, 7) is 0.209. The molecular formula is C19H15BrN2O5. The molecule has 0 unspecified atom stereocenters. The Morgan fingerprint density at radius 1 is 1.11 bits per heavy atom. The zero-order valence-corrected chi connectivity index (χ0v) is 15.6. The van der Waals surface area contributed by atoms with Crippen LogP contribution in [-0.4, -0.2) is 10.8 Å². The first-order valence-electron chi connectivity index (χ1n) is 8.00. The number of halogens is 1. The van der Waals surface area contributed by atoms with Crippen LogP contribution in [0.1, 0.15) is 21.9 Å². The van der Waals surface area contributed by atoms with Gasteiger partial charge in [0.05, 0.1) is 4.92 Å². The number of benzene rings is 2. The van der Waals surface area contributed by atoms with Crippen LogP contribution in [0.2, 0.25) is 0 Å². The molecule has 138 valence electrons. The van der Waals surface area contributed by atoms with E-state index in [0.717, 1.165) is 4.47 Å². The first kappa shape index (κ1) is 18.7. The predicted octanol–water partition coefficient (Wildman–Crippen LogP) is 4.46. The molecule has 0 aliphatic heterocycles. The number of nitrogens with zero attached hydrogens (tertiary/aromatic N) is 1. The summed E-state index contributed by atoms with van der Waals surface area (Å²) in [5.41, 5.74) is 0.377. The van der Waals surface area contributed by atoms with E-state index in [1.807, 2.05) is 24.3 Å². The molecule has 1 aromatic heterocycles. The summed E-state index contributed by atoms with van der Waals surface area (Å²) in [6, 6.07) is 16.8. The number of hydrogen-bond acceptors (Lipinski definition) is 5. The van der Waals surface area contributed by atoms with Crippen LogP contribution < -0.4 is 10.1 Å².